The van der Waals surface area contributed by atoms with Gasteiger partial charge in [0.05, 0.1) is 0 Å². The lowest BCUT2D eigenvalue weighted by Crippen LogP contribution is -1.98. The minimum atomic E-state index is -0.667. The Hall–Kier alpha value is -1.39. The second kappa shape index (κ2) is 5.50. The van der Waals surface area contributed by atoms with E-state index < -0.39 is 6.10 Å². The summed E-state index contributed by atoms with van der Waals surface area (Å²) in [5.41, 5.74) is 1.80. The summed E-state index contributed by atoms with van der Waals surface area (Å²) in [5, 5.41) is 14.3. The number of benzene rings is 1. The summed E-state index contributed by atoms with van der Waals surface area (Å²) in [6.07, 6.45) is 0.823. The van der Waals surface area contributed by atoms with Gasteiger partial charge in [0.2, 0.25) is 5.82 Å². The van der Waals surface area contributed by atoms with E-state index in [1.54, 1.807) is 6.07 Å². The number of aliphatic hydroxyl groups excluding tert-OH is 1. The Kier molecular flexibility index (Phi) is 3.99. The Balaban J connectivity index is 2.29. The number of hydrogen-bond acceptors (Lipinski definition) is 4. The fourth-order valence-electron chi connectivity index (χ4n) is 1.75. The van der Waals surface area contributed by atoms with Crippen molar-refractivity contribution in [3.63, 3.8) is 0 Å². The lowest BCUT2D eigenvalue weighted by Gasteiger charge is -2.02. The highest BCUT2D eigenvalue weighted by molar-refractivity contribution is 6.30. The van der Waals surface area contributed by atoms with Crippen molar-refractivity contribution in [2.75, 3.05) is 0 Å². The van der Waals surface area contributed by atoms with E-state index >= 15 is 0 Å². The molecule has 0 aliphatic heterocycles. The van der Waals surface area contributed by atoms with Crippen molar-refractivity contribution in [3.05, 3.63) is 34.6 Å². The molecule has 2 aromatic rings. The first-order chi connectivity index (χ1) is 8.61. The zero-order valence-electron chi connectivity index (χ0n) is 10.4. The van der Waals surface area contributed by atoms with Crippen molar-refractivity contribution in [1.82, 2.24) is 10.1 Å². The van der Waals surface area contributed by atoms with Gasteiger partial charge < -0.3 is 9.63 Å². The quantitative estimate of drug-likeness (QED) is 0.920. The molecule has 18 heavy (non-hydrogen) atoms. The minimum absolute atomic E-state index is 0.334. The second-order valence-electron chi connectivity index (χ2n) is 4.22. The predicted octanol–water partition coefficient (Wildman–Crippen LogP) is 3.53. The lowest BCUT2D eigenvalue weighted by atomic mass is 10.1. The van der Waals surface area contributed by atoms with Gasteiger partial charge in [-0.05, 0) is 37.1 Å². The molecule has 0 saturated heterocycles. The predicted molar refractivity (Wildman–Crippen MR) is 69.3 cm³/mol. The molecule has 1 heterocycles. The van der Waals surface area contributed by atoms with Crippen LogP contribution in [0.3, 0.4) is 0 Å². The Morgan fingerprint density at radius 2 is 2.22 bits per heavy atom. The normalized spacial score (nSPS) is 12.7. The molecule has 0 saturated carbocycles. The van der Waals surface area contributed by atoms with Crippen LogP contribution >= 0.6 is 11.6 Å². The molecule has 0 bridgehead atoms. The zero-order chi connectivity index (χ0) is 13.1. The number of halogens is 1. The summed E-state index contributed by atoms with van der Waals surface area (Å²) in [4.78, 5) is 4.22. The highest BCUT2D eigenvalue weighted by atomic mass is 35.5. The van der Waals surface area contributed by atoms with Gasteiger partial charge in [0, 0.05) is 10.6 Å². The van der Waals surface area contributed by atoms with Crippen LogP contribution in [0, 0.1) is 6.92 Å². The Morgan fingerprint density at radius 3 is 2.89 bits per heavy atom. The standard InChI is InChI=1S/C13H15ClN2O2/c1-3-4-11(17)12-15-13(18-16-12)10-6-5-9(14)7-8(10)2/h5-7,11,17H,3-4H2,1-2H3. The van der Waals surface area contributed by atoms with Crippen LogP contribution in [0.5, 0.6) is 0 Å². The SMILES string of the molecule is CCCC(O)c1noc(-c2ccc(Cl)cc2C)n1. The van der Waals surface area contributed by atoms with Gasteiger partial charge in [-0.25, -0.2) is 0 Å². The molecule has 96 valence electrons. The largest absolute Gasteiger partial charge is 0.385 e. The van der Waals surface area contributed by atoms with Gasteiger partial charge in [0.25, 0.3) is 5.89 Å². The summed E-state index contributed by atoms with van der Waals surface area (Å²) in [6, 6.07) is 5.45. The van der Waals surface area contributed by atoms with Crippen LogP contribution in [0.25, 0.3) is 11.5 Å². The number of hydrogen-bond donors (Lipinski definition) is 1. The minimum Gasteiger partial charge on any atom is -0.385 e. The van der Waals surface area contributed by atoms with Crippen molar-refractivity contribution >= 4 is 11.6 Å². The van der Waals surface area contributed by atoms with Crippen LogP contribution < -0.4 is 0 Å². The van der Waals surface area contributed by atoms with Gasteiger partial charge in [0.1, 0.15) is 6.10 Å². The number of aliphatic hydroxyl groups is 1. The number of nitrogens with zero attached hydrogens (tertiary/aromatic N) is 2. The van der Waals surface area contributed by atoms with Crippen LogP contribution in [0.1, 0.15) is 37.3 Å². The molecule has 1 N–H and O–H groups in total. The zero-order valence-corrected chi connectivity index (χ0v) is 11.1. The number of aryl methyl sites for hydroxylation is 1. The van der Waals surface area contributed by atoms with E-state index in [1.165, 1.54) is 0 Å². The highest BCUT2D eigenvalue weighted by Crippen LogP contribution is 2.26. The van der Waals surface area contributed by atoms with Crippen LogP contribution in [0.15, 0.2) is 22.7 Å². The Morgan fingerprint density at radius 1 is 1.44 bits per heavy atom. The molecule has 0 fully saturated rings. The van der Waals surface area contributed by atoms with Gasteiger partial charge >= 0.3 is 0 Å². The molecular formula is C13H15ClN2O2. The van der Waals surface area contributed by atoms with Crippen molar-refractivity contribution in [2.45, 2.75) is 32.8 Å². The Bertz CT molecular complexity index is 540. The van der Waals surface area contributed by atoms with E-state index in [9.17, 15) is 5.11 Å². The van der Waals surface area contributed by atoms with Crippen LogP contribution in [-0.2, 0) is 0 Å². The molecule has 0 radical (unpaired) electrons. The van der Waals surface area contributed by atoms with Crippen molar-refractivity contribution < 1.29 is 9.63 Å². The monoisotopic (exact) mass is 266 g/mol. The fourth-order valence-corrected chi connectivity index (χ4v) is 1.98. The summed E-state index contributed by atoms with van der Waals surface area (Å²) in [5.74, 6) is 0.746. The topological polar surface area (TPSA) is 59.2 Å². The van der Waals surface area contributed by atoms with Crippen LogP contribution in [-0.4, -0.2) is 15.2 Å². The van der Waals surface area contributed by atoms with Gasteiger partial charge in [-0.15, -0.1) is 0 Å². The van der Waals surface area contributed by atoms with Crippen LogP contribution in [0.2, 0.25) is 5.02 Å². The average Bonchev–Trinajstić information content (AvgIpc) is 2.78. The summed E-state index contributed by atoms with van der Waals surface area (Å²) in [7, 11) is 0. The van der Waals surface area contributed by atoms with E-state index in [1.807, 2.05) is 26.0 Å². The Labute approximate surface area is 111 Å². The number of rotatable bonds is 4. The molecule has 1 aromatic heterocycles. The van der Waals surface area contributed by atoms with Crippen molar-refractivity contribution in [1.29, 1.82) is 0 Å². The van der Waals surface area contributed by atoms with E-state index in [2.05, 4.69) is 10.1 Å². The molecule has 2 rings (SSSR count). The maximum absolute atomic E-state index is 9.79. The first kappa shape index (κ1) is 13.1. The molecule has 0 aliphatic carbocycles. The van der Waals surface area contributed by atoms with Crippen LogP contribution in [0.4, 0.5) is 0 Å². The number of aromatic nitrogens is 2. The van der Waals surface area contributed by atoms with Gasteiger partial charge in [0.15, 0.2) is 0 Å². The van der Waals surface area contributed by atoms with E-state index in [-0.39, 0.29) is 0 Å². The first-order valence-electron chi connectivity index (χ1n) is 5.90. The van der Waals surface area contributed by atoms with E-state index in [4.69, 9.17) is 16.1 Å². The third-order valence-corrected chi connectivity index (χ3v) is 2.96. The second-order valence-corrected chi connectivity index (χ2v) is 4.66. The third kappa shape index (κ3) is 2.71. The average molecular weight is 267 g/mol. The van der Waals surface area contributed by atoms with E-state index in [0.717, 1.165) is 17.5 Å². The molecular weight excluding hydrogens is 252 g/mol. The maximum atomic E-state index is 9.79. The molecule has 0 amide bonds. The van der Waals surface area contributed by atoms with Gasteiger partial charge in [-0.3, -0.25) is 0 Å². The maximum Gasteiger partial charge on any atom is 0.258 e. The molecule has 0 aliphatic rings. The van der Waals surface area contributed by atoms with Gasteiger partial charge in [-0.2, -0.15) is 4.98 Å². The summed E-state index contributed by atoms with van der Waals surface area (Å²) < 4.78 is 5.17. The summed E-state index contributed by atoms with van der Waals surface area (Å²) >= 11 is 5.89. The molecule has 0 spiro atoms. The molecule has 5 heteroatoms. The van der Waals surface area contributed by atoms with Gasteiger partial charge in [-0.1, -0.05) is 30.1 Å². The summed E-state index contributed by atoms with van der Waals surface area (Å²) in [6.45, 7) is 3.92. The first-order valence-corrected chi connectivity index (χ1v) is 6.27. The smallest absolute Gasteiger partial charge is 0.258 e. The van der Waals surface area contributed by atoms with E-state index in [0.29, 0.717) is 23.2 Å². The molecule has 1 aromatic carbocycles. The van der Waals surface area contributed by atoms with Crippen molar-refractivity contribution in [2.24, 2.45) is 0 Å². The fraction of sp³-hybridized carbons (Fsp3) is 0.385. The lowest BCUT2D eigenvalue weighted by molar-refractivity contribution is 0.153. The third-order valence-electron chi connectivity index (χ3n) is 2.72. The van der Waals surface area contributed by atoms with Crippen molar-refractivity contribution in [3.8, 4) is 11.5 Å². The molecule has 4 nitrogen and oxygen atoms in total. The molecule has 1 unspecified atom stereocenters. The molecule has 1 atom stereocenters. The highest BCUT2D eigenvalue weighted by Gasteiger charge is 2.16.